The Kier molecular flexibility index (Phi) is 5.68. The van der Waals surface area contributed by atoms with Crippen molar-refractivity contribution in [1.82, 2.24) is 10.2 Å². The normalized spacial score (nSPS) is 10.9. The van der Waals surface area contributed by atoms with E-state index in [0.717, 1.165) is 5.56 Å². The maximum atomic E-state index is 12.9. The molecule has 0 fully saturated rings. The molecule has 3 rings (SSSR count). The van der Waals surface area contributed by atoms with Crippen molar-refractivity contribution in [3.8, 4) is 11.5 Å². The summed E-state index contributed by atoms with van der Waals surface area (Å²) in [5.41, 5.74) is 1.48. The van der Waals surface area contributed by atoms with Gasteiger partial charge in [-0.1, -0.05) is 31.1 Å². The summed E-state index contributed by atoms with van der Waals surface area (Å²) in [5.74, 6) is -0.376. The van der Waals surface area contributed by atoms with Crippen molar-refractivity contribution in [3.63, 3.8) is 0 Å². The van der Waals surface area contributed by atoms with Gasteiger partial charge in [-0.15, -0.1) is 16.9 Å². The standard InChI is InChI=1S/C19H18FN3O2S/c1-12(2)26-16-9-3-13(4-10-16)11-17(24)21-19-23-22-18(25-19)14-5-7-15(20)8-6-14/h3-10,12H,11H2,1-2H3,(H,21,23,24). The number of aromatic nitrogens is 2. The number of nitrogens with zero attached hydrogens (tertiary/aromatic N) is 2. The fourth-order valence-electron chi connectivity index (χ4n) is 2.29. The van der Waals surface area contributed by atoms with Crippen LogP contribution in [0.2, 0.25) is 0 Å². The van der Waals surface area contributed by atoms with Crippen LogP contribution in [0.1, 0.15) is 19.4 Å². The molecule has 0 aliphatic rings. The Morgan fingerprint density at radius 1 is 1.12 bits per heavy atom. The lowest BCUT2D eigenvalue weighted by atomic mass is 10.1. The minimum atomic E-state index is -0.348. The molecule has 1 N–H and O–H groups in total. The van der Waals surface area contributed by atoms with Crippen LogP contribution in [-0.4, -0.2) is 21.4 Å². The van der Waals surface area contributed by atoms with E-state index in [9.17, 15) is 9.18 Å². The fraction of sp³-hybridized carbons (Fsp3) is 0.211. The quantitative estimate of drug-likeness (QED) is 0.644. The lowest BCUT2D eigenvalue weighted by Gasteiger charge is -2.06. The number of carbonyl (C=O) groups is 1. The van der Waals surface area contributed by atoms with Crippen molar-refractivity contribution >= 4 is 23.7 Å². The summed E-state index contributed by atoms with van der Waals surface area (Å²) in [6.45, 7) is 4.27. The number of amides is 1. The highest BCUT2D eigenvalue weighted by atomic mass is 32.2. The van der Waals surface area contributed by atoms with Crippen LogP contribution in [0.3, 0.4) is 0 Å². The van der Waals surface area contributed by atoms with Gasteiger partial charge in [0.15, 0.2) is 0 Å². The van der Waals surface area contributed by atoms with Gasteiger partial charge in [-0.05, 0) is 42.0 Å². The monoisotopic (exact) mass is 371 g/mol. The van der Waals surface area contributed by atoms with Crippen molar-refractivity contribution in [1.29, 1.82) is 0 Å². The van der Waals surface area contributed by atoms with Crippen molar-refractivity contribution in [2.75, 3.05) is 5.32 Å². The van der Waals surface area contributed by atoms with Crippen molar-refractivity contribution in [3.05, 3.63) is 59.9 Å². The van der Waals surface area contributed by atoms with E-state index in [1.165, 1.54) is 29.2 Å². The van der Waals surface area contributed by atoms with Gasteiger partial charge in [0.05, 0.1) is 6.42 Å². The molecule has 7 heteroatoms. The first kappa shape index (κ1) is 18.1. The molecule has 0 atom stereocenters. The SMILES string of the molecule is CC(C)Sc1ccc(CC(=O)Nc2nnc(-c3ccc(F)cc3)o2)cc1. The third-order valence-electron chi connectivity index (χ3n) is 3.42. The molecule has 1 amide bonds. The van der Waals surface area contributed by atoms with Gasteiger partial charge in [0.1, 0.15) is 5.82 Å². The average Bonchev–Trinajstić information content (AvgIpc) is 3.05. The first-order valence-electron chi connectivity index (χ1n) is 8.14. The number of benzene rings is 2. The number of nitrogens with one attached hydrogen (secondary N) is 1. The molecule has 26 heavy (non-hydrogen) atoms. The van der Waals surface area contributed by atoms with E-state index in [2.05, 4.69) is 29.4 Å². The molecule has 0 unspecified atom stereocenters. The molecule has 2 aromatic carbocycles. The molecule has 0 saturated carbocycles. The van der Waals surface area contributed by atoms with Crippen LogP contribution < -0.4 is 5.32 Å². The summed E-state index contributed by atoms with van der Waals surface area (Å²) in [7, 11) is 0. The lowest BCUT2D eigenvalue weighted by Crippen LogP contribution is -2.14. The Balaban J connectivity index is 1.59. The zero-order valence-electron chi connectivity index (χ0n) is 14.4. The third-order valence-corrected chi connectivity index (χ3v) is 4.44. The number of rotatable bonds is 6. The first-order chi connectivity index (χ1) is 12.5. The third kappa shape index (κ3) is 4.92. The second kappa shape index (κ2) is 8.14. The van der Waals surface area contributed by atoms with Crippen molar-refractivity contribution in [2.24, 2.45) is 0 Å². The van der Waals surface area contributed by atoms with Gasteiger partial charge in [-0.2, -0.15) is 0 Å². The van der Waals surface area contributed by atoms with Gasteiger partial charge < -0.3 is 4.42 Å². The Labute approximate surface area is 155 Å². The van der Waals surface area contributed by atoms with Crippen LogP contribution in [0.25, 0.3) is 11.5 Å². The van der Waals surface area contributed by atoms with Gasteiger partial charge in [0.25, 0.3) is 0 Å². The van der Waals surface area contributed by atoms with Gasteiger partial charge in [0.2, 0.25) is 11.8 Å². The lowest BCUT2D eigenvalue weighted by molar-refractivity contribution is -0.115. The van der Waals surface area contributed by atoms with E-state index in [0.29, 0.717) is 10.8 Å². The fourth-order valence-corrected chi connectivity index (χ4v) is 3.13. The van der Waals surface area contributed by atoms with E-state index in [-0.39, 0.29) is 30.1 Å². The summed E-state index contributed by atoms with van der Waals surface area (Å²) in [6, 6.07) is 13.6. The summed E-state index contributed by atoms with van der Waals surface area (Å²) in [5, 5.41) is 10.7. The van der Waals surface area contributed by atoms with E-state index >= 15 is 0 Å². The molecule has 1 heterocycles. The van der Waals surface area contributed by atoms with Crippen LogP contribution in [-0.2, 0) is 11.2 Å². The predicted octanol–water partition coefficient (Wildman–Crippen LogP) is 4.56. The average molecular weight is 371 g/mol. The topological polar surface area (TPSA) is 68.0 Å². The van der Waals surface area contributed by atoms with Gasteiger partial charge >= 0.3 is 6.01 Å². The smallest absolute Gasteiger partial charge is 0.322 e. The zero-order chi connectivity index (χ0) is 18.5. The number of hydrogen-bond acceptors (Lipinski definition) is 5. The second-order valence-electron chi connectivity index (χ2n) is 5.95. The Morgan fingerprint density at radius 2 is 1.81 bits per heavy atom. The molecule has 134 valence electrons. The number of hydrogen-bond donors (Lipinski definition) is 1. The Morgan fingerprint density at radius 3 is 2.46 bits per heavy atom. The molecule has 0 radical (unpaired) electrons. The van der Waals surface area contributed by atoms with E-state index < -0.39 is 0 Å². The minimum Gasteiger partial charge on any atom is -0.403 e. The molecular weight excluding hydrogens is 353 g/mol. The number of carbonyl (C=O) groups excluding carboxylic acids is 1. The Hall–Kier alpha value is -2.67. The number of halogens is 1. The van der Waals surface area contributed by atoms with Gasteiger partial charge in [-0.3, -0.25) is 10.1 Å². The van der Waals surface area contributed by atoms with Crippen LogP contribution >= 0.6 is 11.8 Å². The van der Waals surface area contributed by atoms with Gasteiger partial charge in [0, 0.05) is 15.7 Å². The summed E-state index contributed by atoms with van der Waals surface area (Å²) in [4.78, 5) is 13.3. The van der Waals surface area contributed by atoms with E-state index in [1.54, 1.807) is 11.8 Å². The maximum absolute atomic E-state index is 12.9. The maximum Gasteiger partial charge on any atom is 0.322 e. The molecule has 0 bridgehead atoms. The molecule has 0 saturated heterocycles. The molecule has 0 aliphatic heterocycles. The molecule has 0 aliphatic carbocycles. The first-order valence-corrected chi connectivity index (χ1v) is 9.02. The van der Waals surface area contributed by atoms with Gasteiger partial charge in [-0.25, -0.2) is 4.39 Å². The van der Waals surface area contributed by atoms with E-state index in [1.807, 2.05) is 24.3 Å². The Bertz CT molecular complexity index is 877. The number of thioether (sulfide) groups is 1. The molecule has 0 spiro atoms. The van der Waals surface area contributed by atoms with Crippen molar-refractivity contribution < 1.29 is 13.6 Å². The van der Waals surface area contributed by atoms with Crippen LogP contribution in [0, 0.1) is 5.82 Å². The van der Waals surface area contributed by atoms with Crippen LogP contribution in [0.15, 0.2) is 57.8 Å². The highest BCUT2D eigenvalue weighted by molar-refractivity contribution is 7.99. The molecular formula is C19H18FN3O2S. The highest BCUT2D eigenvalue weighted by Crippen LogP contribution is 2.23. The van der Waals surface area contributed by atoms with Crippen molar-refractivity contribution in [2.45, 2.75) is 30.4 Å². The zero-order valence-corrected chi connectivity index (χ0v) is 15.2. The highest BCUT2D eigenvalue weighted by Gasteiger charge is 2.12. The number of anilines is 1. The van der Waals surface area contributed by atoms with Crippen LogP contribution in [0.5, 0.6) is 0 Å². The predicted molar refractivity (Wildman–Crippen MR) is 99.5 cm³/mol. The molecule has 1 aromatic heterocycles. The summed E-state index contributed by atoms with van der Waals surface area (Å²) < 4.78 is 18.3. The molecule has 5 nitrogen and oxygen atoms in total. The minimum absolute atomic E-state index is 0.0151. The molecule has 3 aromatic rings. The second-order valence-corrected chi connectivity index (χ2v) is 7.60. The largest absolute Gasteiger partial charge is 0.403 e. The summed E-state index contributed by atoms with van der Waals surface area (Å²) in [6.07, 6.45) is 0.209. The van der Waals surface area contributed by atoms with E-state index in [4.69, 9.17) is 4.42 Å². The summed E-state index contributed by atoms with van der Waals surface area (Å²) >= 11 is 1.77. The van der Waals surface area contributed by atoms with Crippen LogP contribution in [0.4, 0.5) is 10.4 Å².